The van der Waals surface area contributed by atoms with Gasteiger partial charge in [-0.2, -0.15) is 5.10 Å². The molecule has 2 heterocycles. The Morgan fingerprint density at radius 2 is 2.33 bits per heavy atom. The molecule has 2 aromatic rings. The summed E-state index contributed by atoms with van der Waals surface area (Å²) in [5.41, 5.74) is 1.16. The Bertz CT molecular complexity index is 549. The third-order valence-electron chi connectivity index (χ3n) is 3.91. The van der Waals surface area contributed by atoms with Crippen molar-refractivity contribution >= 4 is 10.9 Å². The summed E-state index contributed by atoms with van der Waals surface area (Å²) in [6, 6.07) is 6.72. The quantitative estimate of drug-likeness (QED) is 0.830. The molecule has 0 saturated carbocycles. The summed E-state index contributed by atoms with van der Waals surface area (Å²) >= 11 is 0. The highest BCUT2D eigenvalue weighted by molar-refractivity contribution is 5.80. The Hall–Kier alpha value is -1.55. The topological polar surface area (TPSA) is 30.3 Å². The molecular formula is C14H19N3O. The van der Waals surface area contributed by atoms with Crippen molar-refractivity contribution in [3.8, 4) is 5.75 Å². The molecule has 0 N–H and O–H groups in total. The summed E-state index contributed by atoms with van der Waals surface area (Å²) in [5.74, 6) is 0.893. The van der Waals surface area contributed by atoms with E-state index in [4.69, 9.17) is 4.74 Å². The third kappa shape index (κ3) is 1.97. The van der Waals surface area contributed by atoms with E-state index in [-0.39, 0.29) is 0 Å². The molecule has 4 heteroatoms. The first-order chi connectivity index (χ1) is 8.78. The number of hydrogen-bond acceptors (Lipinski definition) is 3. The molecule has 1 aromatic heterocycles. The lowest BCUT2D eigenvalue weighted by atomic mass is 10.2. The number of nitrogens with zero attached hydrogens (tertiary/aromatic N) is 3. The number of aromatic nitrogens is 2. The molecule has 1 saturated heterocycles. The lowest BCUT2D eigenvalue weighted by molar-refractivity contribution is 0.277. The summed E-state index contributed by atoms with van der Waals surface area (Å²) in [7, 11) is 3.90. The van der Waals surface area contributed by atoms with E-state index in [1.54, 1.807) is 7.11 Å². The van der Waals surface area contributed by atoms with Gasteiger partial charge in [-0.3, -0.25) is 4.68 Å². The molecule has 1 atom stereocenters. The van der Waals surface area contributed by atoms with E-state index in [9.17, 15) is 0 Å². The van der Waals surface area contributed by atoms with E-state index in [0.29, 0.717) is 6.04 Å². The van der Waals surface area contributed by atoms with E-state index in [0.717, 1.165) is 17.8 Å². The lowest BCUT2D eigenvalue weighted by Gasteiger charge is -2.19. The first-order valence-electron chi connectivity index (χ1n) is 6.48. The normalized spacial score (nSPS) is 20.7. The molecule has 1 fully saturated rings. The van der Waals surface area contributed by atoms with Crippen LogP contribution in [0.25, 0.3) is 10.9 Å². The van der Waals surface area contributed by atoms with Crippen LogP contribution in [0.15, 0.2) is 24.4 Å². The summed E-state index contributed by atoms with van der Waals surface area (Å²) in [6.07, 6.45) is 4.50. The van der Waals surface area contributed by atoms with E-state index in [1.165, 1.54) is 24.8 Å². The van der Waals surface area contributed by atoms with Crippen LogP contribution in [0.2, 0.25) is 0 Å². The van der Waals surface area contributed by atoms with E-state index < -0.39 is 0 Å². The highest BCUT2D eigenvalue weighted by Crippen LogP contribution is 2.23. The predicted molar refractivity (Wildman–Crippen MR) is 71.9 cm³/mol. The maximum absolute atomic E-state index is 5.29. The maximum Gasteiger partial charge on any atom is 0.121 e. The van der Waals surface area contributed by atoms with Crippen LogP contribution in [-0.2, 0) is 6.54 Å². The van der Waals surface area contributed by atoms with Gasteiger partial charge < -0.3 is 9.64 Å². The summed E-state index contributed by atoms with van der Waals surface area (Å²) in [4.78, 5) is 2.42. The Balaban J connectivity index is 1.91. The second-order valence-electron chi connectivity index (χ2n) is 5.03. The molecule has 4 nitrogen and oxygen atoms in total. The standard InChI is InChI=1S/C14H19N3O/c1-16-7-3-4-12(16)10-17-14-8-13(18-2)6-5-11(14)9-15-17/h5-6,8-9,12H,3-4,7,10H2,1-2H3. The lowest BCUT2D eigenvalue weighted by Crippen LogP contribution is -2.29. The molecule has 3 rings (SSSR count). The van der Waals surface area contributed by atoms with Gasteiger partial charge in [-0.05, 0) is 38.6 Å². The average Bonchev–Trinajstić information content (AvgIpc) is 2.97. The highest BCUT2D eigenvalue weighted by Gasteiger charge is 2.21. The van der Waals surface area contributed by atoms with Gasteiger partial charge in [-0.15, -0.1) is 0 Å². The highest BCUT2D eigenvalue weighted by atomic mass is 16.5. The molecule has 1 aliphatic heterocycles. The largest absolute Gasteiger partial charge is 0.497 e. The number of methoxy groups -OCH3 is 1. The van der Waals surface area contributed by atoms with Crippen molar-refractivity contribution in [2.45, 2.75) is 25.4 Å². The molecule has 0 spiro atoms. The minimum Gasteiger partial charge on any atom is -0.497 e. The number of likely N-dealkylation sites (N-methyl/N-ethyl adjacent to an activating group) is 1. The van der Waals surface area contributed by atoms with Crippen molar-refractivity contribution in [2.24, 2.45) is 0 Å². The Morgan fingerprint density at radius 3 is 3.06 bits per heavy atom. The van der Waals surface area contributed by atoms with Crippen LogP contribution in [0, 0.1) is 0 Å². The Morgan fingerprint density at radius 1 is 1.44 bits per heavy atom. The van der Waals surface area contributed by atoms with Crippen LogP contribution in [-0.4, -0.2) is 41.4 Å². The number of fused-ring (bicyclic) bond motifs is 1. The molecule has 18 heavy (non-hydrogen) atoms. The Kier molecular flexibility index (Phi) is 2.96. The molecule has 0 aliphatic carbocycles. The van der Waals surface area contributed by atoms with Crippen LogP contribution in [0.1, 0.15) is 12.8 Å². The van der Waals surface area contributed by atoms with E-state index >= 15 is 0 Å². The Labute approximate surface area is 107 Å². The monoisotopic (exact) mass is 245 g/mol. The zero-order valence-corrected chi connectivity index (χ0v) is 11.0. The van der Waals surface area contributed by atoms with Crippen molar-refractivity contribution in [3.63, 3.8) is 0 Å². The van der Waals surface area contributed by atoms with Gasteiger partial charge >= 0.3 is 0 Å². The first-order valence-corrected chi connectivity index (χ1v) is 6.48. The number of rotatable bonds is 3. The molecule has 1 aliphatic rings. The fourth-order valence-electron chi connectivity index (χ4n) is 2.73. The van der Waals surface area contributed by atoms with Crippen molar-refractivity contribution in [1.82, 2.24) is 14.7 Å². The van der Waals surface area contributed by atoms with Gasteiger partial charge in [0, 0.05) is 17.5 Å². The number of benzene rings is 1. The first kappa shape index (κ1) is 11.5. The summed E-state index contributed by atoms with van der Waals surface area (Å²) < 4.78 is 7.39. The third-order valence-corrected chi connectivity index (χ3v) is 3.91. The maximum atomic E-state index is 5.29. The minimum absolute atomic E-state index is 0.610. The van der Waals surface area contributed by atoms with Gasteiger partial charge in [-0.1, -0.05) is 0 Å². The fourth-order valence-corrected chi connectivity index (χ4v) is 2.73. The average molecular weight is 245 g/mol. The molecule has 0 radical (unpaired) electrons. The van der Waals surface area contributed by atoms with Gasteiger partial charge in [-0.25, -0.2) is 0 Å². The van der Waals surface area contributed by atoms with Gasteiger partial charge in [0.15, 0.2) is 0 Å². The van der Waals surface area contributed by atoms with Crippen LogP contribution in [0.5, 0.6) is 5.75 Å². The second-order valence-corrected chi connectivity index (χ2v) is 5.03. The molecule has 96 valence electrons. The number of ether oxygens (including phenoxy) is 1. The van der Waals surface area contributed by atoms with Crippen molar-refractivity contribution in [2.75, 3.05) is 20.7 Å². The van der Waals surface area contributed by atoms with Gasteiger partial charge in [0.05, 0.1) is 25.4 Å². The zero-order chi connectivity index (χ0) is 12.5. The number of likely N-dealkylation sites (tertiary alicyclic amines) is 1. The van der Waals surface area contributed by atoms with Crippen molar-refractivity contribution in [1.29, 1.82) is 0 Å². The van der Waals surface area contributed by atoms with Crippen LogP contribution >= 0.6 is 0 Å². The van der Waals surface area contributed by atoms with Crippen LogP contribution in [0.4, 0.5) is 0 Å². The van der Waals surface area contributed by atoms with E-state index in [2.05, 4.69) is 33.9 Å². The molecule has 0 amide bonds. The molecule has 1 unspecified atom stereocenters. The SMILES string of the molecule is COc1ccc2cnn(CC3CCCN3C)c2c1. The van der Waals surface area contributed by atoms with Gasteiger partial charge in [0.2, 0.25) is 0 Å². The summed E-state index contributed by atoms with van der Waals surface area (Å²) in [5, 5.41) is 5.68. The van der Waals surface area contributed by atoms with Gasteiger partial charge in [0.1, 0.15) is 5.75 Å². The van der Waals surface area contributed by atoms with E-state index in [1.807, 2.05) is 12.3 Å². The smallest absolute Gasteiger partial charge is 0.121 e. The second kappa shape index (κ2) is 4.61. The molecule has 1 aromatic carbocycles. The van der Waals surface area contributed by atoms with Crippen molar-refractivity contribution < 1.29 is 4.74 Å². The molecular weight excluding hydrogens is 226 g/mol. The predicted octanol–water partition coefficient (Wildman–Crippen LogP) is 2.14. The summed E-state index contributed by atoms with van der Waals surface area (Å²) in [6.45, 7) is 2.17. The fraction of sp³-hybridized carbons (Fsp3) is 0.500. The molecule has 0 bridgehead atoms. The van der Waals surface area contributed by atoms with Crippen molar-refractivity contribution in [3.05, 3.63) is 24.4 Å². The van der Waals surface area contributed by atoms with Gasteiger partial charge in [0.25, 0.3) is 0 Å². The minimum atomic E-state index is 0.610. The number of hydrogen-bond donors (Lipinski definition) is 0. The van der Waals surface area contributed by atoms with Crippen LogP contribution in [0.3, 0.4) is 0 Å². The van der Waals surface area contributed by atoms with Crippen LogP contribution < -0.4 is 4.74 Å². The zero-order valence-electron chi connectivity index (χ0n) is 11.0.